The van der Waals surface area contributed by atoms with Crippen LogP contribution >= 0.6 is 0 Å². The van der Waals surface area contributed by atoms with Gasteiger partial charge in [0, 0.05) is 36.6 Å². The van der Waals surface area contributed by atoms with Gasteiger partial charge in [0.1, 0.15) is 5.82 Å². The van der Waals surface area contributed by atoms with Crippen molar-refractivity contribution in [3.05, 3.63) is 30.7 Å². The average Bonchev–Trinajstić information content (AvgIpc) is 3.17. The molecule has 0 bridgehead atoms. The van der Waals surface area contributed by atoms with Crippen molar-refractivity contribution in [3.8, 4) is 11.3 Å². The zero-order valence-corrected chi connectivity index (χ0v) is 17.7. The number of carbonyl (C=O) groups is 1. The van der Waals surface area contributed by atoms with E-state index in [0.29, 0.717) is 11.9 Å². The molecule has 3 heterocycles. The third-order valence-corrected chi connectivity index (χ3v) is 5.39. The minimum Gasteiger partial charge on any atom is -0.465 e. The van der Waals surface area contributed by atoms with E-state index in [-0.39, 0.29) is 12.1 Å². The van der Waals surface area contributed by atoms with Crippen LogP contribution in [0.2, 0.25) is 0 Å². The summed E-state index contributed by atoms with van der Waals surface area (Å²) in [5.41, 5.74) is 2.41. The summed E-state index contributed by atoms with van der Waals surface area (Å²) in [6, 6.07) is 4.14. The van der Waals surface area contributed by atoms with E-state index in [9.17, 15) is 4.79 Å². The lowest BCUT2D eigenvalue weighted by Crippen LogP contribution is -2.39. The second-order valence-corrected chi connectivity index (χ2v) is 8.34. The Morgan fingerprint density at radius 1 is 1.10 bits per heavy atom. The molecule has 0 aromatic carbocycles. The van der Waals surface area contributed by atoms with Crippen molar-refractivity contribution < 1.29 is 9.90 Å². The van der Waals surface area contributed by atoms with E-state index in [1.807, 2.05) is 12.1 Å². The van der Waals surface area contributed by atoms with Crippen LogP contribution in [0.15, 0.2) is 30.7 Å². The average molecular weight is 425 g/mol. The summed E-state index contributed by atoms with van der Waals surface area (Å²) in [5.74, 6) is 1.88. The predicted octanol–water partition coefficient (Wildman–Crippen LogP) is 3.24. The number of imidazole rings is 1. The molecule has 0 radical (unpaired) electrons. The van der Waals surface area contributed by atoms with Crippen LogP contribution in [0, 0.1) is 5.92 Å². The third kappa shape index (κ3) is 5.19. The molecule has 1 amide bonds. The van der Waals surface area contributed by atoms with Crippen molar-refractivity contribution in [3.63, 3.8) is 0 Å². The number of carboxylic acid groups (broad SMARTS) is 1. The number of fused-ring (bicyclic) bond motifs is 1. The monoisotopic (exact) mass is 424 g/mol. The fraction of sp³-hybridized carbons (Fsp3) is 0.476. The van der Waals surface area contributed by atoms with Crippen molar-refractivity contribution in [1.82, 2.24) is 29.9 Å². The van der Waals surface area contributed by atoms with E-state index in [0.717, 1.165) is 55.0 Å². The molecule has 31 heavy (non-hydrogen) atoms. The van der Waals surface area contributed by atoms with Crippen molar-refractivity contribution in [2.75, 3.05) is 17.2 Å². The van der Waals surface area contributed by atoms with Crippen molar-refractivity contribution in [2.24, 2.45) is 5.92 Å². The fourth-order valence-electron chi connectivity index (χ4n) is 3.76. The van der Waals surface area contributed by atoms with Crippen molar-refractivity contribution >= 4 is 23.5 Å². The molecule has 0 unspecified atom stereocenters. The van der Waals surface area contributed by atoms with Gasteiger partial charge in [0.15, 0.2) is 5.65 Å². The predicted molar refractivity (Wildman–Crippen MR) is 118 cm³/mol. The summed E-state index contributed by atoms with van der Waals surface area (Å²) in [6.45, 7) is 5.09. The third-order valence-electron chi connectivity index (χ3n) is 5.39. The summed E-state index contributed by atoms with van der Waals surface area (Å²) in [7, 11) is 0. The number of aromatic nitrogens is 5. The van der Waals surface area contributed by atoms with Gasteiger partial charge in [-0.1, -0.05) is 13.8 Å². The molecule has 3 aromatic heterocycles. The zero-order valence-electron chi connectivity index (χ0n) is 17.7. The number of hydrogen-bond acceptors (Lipinski definition) is 7. The van der Waals surface area contributed by atoms with Crippen LogP contribution in [0.25, 0.3) is 16.9 Å². The van der Waals surface area contributed by atoms with Gasteiger partial charge in [-0.25, -0.2) is 24.3 Å². The van der Waals surface area contributed by atoms with Gasteiger partial charge in [-0.15, -0.1) is 5.10 Å². The minimum atomic E-state index is -0.955. The molecular weight excluding hydrogens is 396 g/mol. The number of anilines is 2. The Kier molecular flexibility index (Phi) is 6.15. The lowest BCUT2D eigenvalue weighted by molar-refractivity contribution is 0.185. The summed E-state index contributed by atoms with van der Waals surface area (Å²) >= 11 is 0. The van der Waals surface area contributed by atoms with Gasteiger partial charge in [-0.2, -0.15) is 0 Å². The summed E-state index contributed by atoms with van der Waals surface area (Å²) in [6.07, 6.45) is 7.78. The lowest BCUT2D eigenvalue weighted by atomic mass is 9.91. The number of nitrogens with one attached hydrogen (secondary N) is 3. The van der Waals surface area contributed by atoms with Crippen LogP contribution in [-0.4, -0.2) is 54.4 Å². The SMILES string of the molecule is CC(C)CNc1ncc(-c2cnc3ccc(NC4CCC(NC(=O)O)CC4)nn23)cn1. The number of rotatable bonds is 7. The Morgan fingerprint density at radius 2 is 1.81 bits per heavy atom. The molecule has 4 N–H and O–H groups in total. The zero-order chi connectivity index (χ0) is 21.8. The standard InChI is InChI=1S/C21H28N8O2/c1-13(2)9-23-20-24-10-14(11-25-20)17-12-22-19-8-7-18(28-29(17)19)26-15-3-5-16(6-4-15)27-21(30)31/h7-8,10-13,15-16,27H,3-6,9H2,1-2H3,(H,26,28)(H,30,31)(H,23,24,25). The van der Waals surface area contributed by atoms with Gasteiger partial charge in [-0.05, 0) is 43.7 Å². The molecule has 0 aliphatic heterocycles. The second-order valence-electron chi connectivity index (χ2n) is 8.34. The molecule has 0 atom stereocenters. The van der Waals surface area contributed by atoms with Crippen molar-refractivity contribution in [1.29, 1.82) is 0 Å². The van der Waals surface area contributed by atoms with Crippen LogP contribution < -0.4 is 16.0 Å². The maximum absolute atomic E-state index is 10.8. The maximum atomic E-state index is 10.8. The summed E-state index contributed by atoms with van der Waals surface area (Å²) < 4.78 is 1.79. The molecular formula is C21H28N8O2. The number of nitrogens with zero attached hydrogens (tertiary/aromatic N) is 5. The van der Waals surface area contributed by atoms with E-state index >= 15 is 0 Å². The Bertz CT molecular complexity index is 1030. The van der Waals surface area contributed by atoms with Crippen LogP contribution in [0.5, 0.6) is 0 Å². The summed E-state index contributed by atoms with van der Waals surface area (Å²) in [5, 5.41) is 22.9. The van der Waals surface area contributed by atoms with E-state index in [1.54, 1.807) is 23.1 Å². The van der Waals surface area contributed by atoms with Crippen LogP contribution in [0.4, 0.5) is 16.6 Å². The molecule has 1 aliphatic carbocycles. The number of hydrogen-bond donors (Lipinski definition) is 4. The molecule has 1 aliphatic rings. The quantitative estimate of drug-likeness (QED) is 0.455. The highest BCUT2D eigenvalue weighted by atomic mass is 16.4. The molecule has 10 heteroatoms. The topological polar surface area (TPSA) is 129 Å². The minimum absolute atomic E-state index is 0.0317. The van der Waals surface area contributed by atoms with Crippen LogP contribution in [0.3, 0.4) is 0 Å². The Balaban J connectivity index is 1.45. The van der Waals surface area contributed by atoms with Gasteiger partial charge in [0.25, 0.3) is 0 Å². The summed E-state index contributed by atoms with van der Waals surface area (Å²) in [4.78, 5) is 24.1. The first-order valence-corrected chi connectivity index (χ1v) is 10.6. The molecule has 0 spiro atoms. The highest BCUT2D eigenvalue weighted by molar-refractivity contribution is 5.65. The maximum Gasteiger partial charge on any atom is 0.404 e. The molecule has 0 saturated heterocycles. The number of amides is 1. The Morgan fingerprint density at radius 3 is 2.48 bits per heavy atom. The highest BCUT2D eigenvalue weighted by Gasteiger charge is 2.22. The Hall–Kier alpha value is -3.43. The normalized spacial score (nSPS) is 18.8. The lowest BCUT2D eigenvalue weighted by Gasteiger charge is -2.29. The first-order valence-electron chi connectivity index (χ1n) is 10.6. The van der Waals surface area contributed by atoms with Gasteiger partial charge in [0.05, 0.1) is 11.9 Å². The first kappa shape index (κ1) is 20.8. The molecule has 10 nitrogen and oxygen atoms in total. The van der Waals surface area contributed by atoms with E-state index < -0.39 is 6.09 Å². The van der Waals surface area contributed by atoms with Gasteiger partial charge in [0.2, 0.25) is 5.95 Å². The molecule has 1 saturated carbocycles. The van der Waals surface area contributed by atoms with E-state index in [2.05, 4.69) is 44.7 Å². The Labute approximate surface area is 180 Å². The van der Waals surface area contributed by atoms with Gasteiger partial charge < -0.3 is 21.1 Å². The smallest absolute Gasteiger partial charge is 0.404 e. The second kappa shape index (κ2) is 9.15. The van der Waals surface area contributed by atoms with E-state index in [1.165, 1.54) is 0 Å². The fourth-order valence-corrected chi connectivity index (χ4v) is 3.76. The highest BCUT2D eigenvalue weighted by Crippen LogP contribution is 2.23. The molecule has 1 fully saturated rings. The van der Waals surface area contributed by atoms with Gasteiger partial charge >= 0.3 is 6.09 Å². The molecule has 4 rings (SSSR count). The largest absolute Gasteiger partial charge is 0.465 e. The van der Waals surface area contributed by atoms with Crippen LogP contribution in [-0.2, 0) is 0 Å². The van der Waals surface area contributed by atoms with Crippen molar-refractivity contribution in [2.45, 2.75) is 51.6 Å². The molecule has 3 aromatic rings. The first-order chi connectivity index (χ1) is 15.0. The molecule has 164 valence electrons. The van der Waals surface area contributed by atoms with Crippen LogP contribution in [0.1, 0.15) is 39.5 Å². The van der Waals surface area contributed by atoms with Gasteiger partial charge in [-0.3, -0.25) is 0 Å². The van der Waals surface area contributed by atoms with E-state index in [4.69, 9.17) is 10.2 Å².